The van der Waals surface area contributed by atoms with Crippen LogP contribution in [0.4, 0.5) is 0 Å². The van der Waals surface area contributed by atoms with Gasteiger partial charge in [0.15, 0.2) is 0 Å². The number of rotatable bonds is 1. The van der Waals surface area contributed by atoms with E-state index in [1.54, 1.807) is 16.7 Å². The first-order valence-corrected chi connectivity index (χ1v) is 13.2. The van der Waals surface area contributed by atoms with Gasteiger partial charge in [0.2, 0.25) is 0 Å². The number of hydrogen-bond donors (Lipinski definition) is 1. The molecule has 31 heavy (non-hydrogen) atoms. The lowest BCUT2D eigenvalue weighted by molar-refractivity contribution is -0.0299. The molecule has 4 fully saturated rings. The van der Waals surface area contributed by atoms with Crippen LogP contribution in [0.3, 0.4) is 0 Å². The van der Waals surface area contributed by atoms with Crippen molar-refractivity contribution in [1.82, 2.24) is 0 Å². The SMILES string of the molecule is C/C(=C1/CCC2C3CC=C4C[C@@H](O)CC[C@]4(C)C3CC[C@]12C)C1OC(C)(C)[C@@H](C)[C@@H]1C. The predicted octanol–water partition coefficient (Wildman–Crippen LogP) is 7.08. The fraction of sp³-hybridized carbons (Fsp3) is 0.862. The molecule has 1 N–H and O–H groups in total. The monoisotopic (exact) mass is 426 g/mol. The Bertz CT molecular complexity index is 806. The molecule has 2 nitrogen and oxygen atoms in total. The summed E-state index contributed by atoms with van der Waals surface area (Å²) in [6.45, 7) is 16.9. The third kappa shape index (κ3) is 3.10. The van der Waals surface area contributed by atoms with Gasteiger partial charge in [0, 0.05) is 0 Å². The van der Waals surface area contributed by atoms with Gasteiger partial charge in [0.05, 0.1) is 17.8 Å². The summed E-state index contributed by atoms with van der Waals surface area (Å²) in [6, 6.07) is 0. The van der Waals surface area contributed by atoms with Crippen LogP contribution in [0.1, 0.15) is 99.8 Å². The first kappa shape index (κ1) is 22.2. The molecule has 0 aromatic heterocycles. The summed E-state index contributed by atoms with van der Waals surface area (Å²) in [4.78, 5) is 0. The van der Waals surface area contributed by atoms with Crippen molar-refractivity contribution in [1.29, 1.82) is 0 Å². The van der Waals surface area contributed by atoms with Gasteiger partial charge in [0.1, 0.15) is 0 Å². The lowest BCUT2D eigenvalue weighted by Gasteiger charge is -2.57. The number of ether oxygens (including phenoxy) is 1. The molecule has 1 heterocycles. The van der Waals surface area contributed by atoms with E-state index in [-0.39, 0.29) is 11.7 Å². The lowest BCUT2D eigenvalue weighted by Crippen LogP contribution is -2.49. The molecule has 5 aliphatic rings. The molecule has 3 saturated carbocycles. The number of allylic oxidation sites excluding steroid dienone is 2. The second kappa shape index (κ2) is 7.20. The van der Waals surface area contributed by atoms with E-state index in [0.717, 1.165) is 30.6 Å². The molecule has 5 rings (SSSR count). The summed E-state index contributed by atoms with van der Waals surface area (Å²) in [7, 11) is 0. The first-order valence-electron chi connectivity index (χ1n) is 13.2. The molecule has 0 spiro atoms. The smallest absolute Gasteiger partial charge is 0.0821 e. The highest BCUT2D eigenvalue weighted by molar-refractivity contribution is 5.33. The Morgan fingerprint density at radius 2 is 1.68 bits per heavy atom. The minimum atomic E-state index is -0.103. The van der Waals surface area contributed by atoms with Gasteiger partial charge < -0.3 is 9.84 Å². The average Bonchev–Trinajstić information content (AvgIpc) is 3.17. The second-order valence-electron chi connectivity index (χ2n) is 13.1. The van der Waals surface area contributed by atoms with Crippen molar-refractivity contribution in [3.05, 3.63) is 22.8 Å². The lowest BCUT2D eigenvalue weighted by atomic mass is 9.47. The van der Waals surface area contributed by atoms with Gasteiger partial charge in [-0.3, -0.25) is 0 Å². The molecule has 4 unspecified atom stereocenters. The van der Waals surface area contributed by atoms with Gasteiger partial charge >= 0.3 is 0 Å². The Labute approximate surface area is 190 Å². The Morgan fingerprint density at radius 1 is 1.00 bits per heavy atom. The van der Waals surface area contributed by atoms with Crippen LogP contribution in [0.25, 0.3) is 0 Å². The molecular weight excluding hydrogens is 380 g/mol. The van der Waals surface area contributed by atoms with Crippen LogP contribution in [-0.4, -0.2) is 22.9 Å². The number of fused-ring (bicyclic) bond motifs is 5. The summed E-state index contributed by atoms with van der Waals surface area (Å²) in [5.74, 6) is 3.65. The van der Waals surface area contributed by atoms with Gasteiger partial charge in [-0.25, -0.2) is 0 Å². The highest BCUT2D eigenvalue weighted by Crippen LogP contribution is 2.66. The van der Waals surface area contributed by atoms with Crippen molar-refractivity contribution in [3.8, 4) is 0 Å². The highest BCUT2D eigenvalue weighted by Gasteiger charge is 2.58. The molecule has 4 aliphatic carbocycles. The molecule has 0 aromatic rings. The molecular formula is C29H46O2. The summed E-state index contributed by atoms with van der Waals surface area (Å²) < 4.78 is 6.68. The van der Waals surface area contributed by atoms with Gasteiger partial charge in [-0.15, -0.1) is 0 Å². The van der Waals surface area contributed by atoms with E-state index < -0.39 is 0 Å². The van der Waals surface area contributed by atoms with E-state index >= 15 is 0 Å². The van der Waals surface area contributed by atoms with Crippen LogP contribution in [-0.2, 0) is 4.74 Å². The van der Waals surface area contributed by atoms with Crippen molar-refractivity contribution in [2.24, 2.45) is 40.4 Å². The first-order chi connectivity index (χ1) is 14.5. The maximum Gasteiger partial charge on any atom is 0.0821 e. The highest BCUT2D eigenvalue weighted by atomic mass is 16.5. The Hall–Kier alpha value is -0.600. The van der Waals surface area contributed by atoms with E-state index in [9.17, 15) is 5.11 Å². The molecule has 1 aliphatic heterocycles. The van der Waals surface area contributed by atoms with Crippen LogP contribution in [0, 0.1) is 40.4 Å². The van der Waals surface area contributed by atoms with Crippen LogP contribution >= 0.6 is 0 Å². The molecule has 9 atom stereocenters. The molecule has 174 valence electrons. The quantitative estimate of drug-likeness (QED) is 0.454. The third-order valence-corrected chi connectivity index (χ3v) is 11.6. The Morgan fingerprint density at radius 3 is 2.35 bits per heavy atom. The standard InChI is InChI=1S/C29H46O2/c1-17-19(3)27(4,5)31-26(17)18(2)23-10-11-24-22-9-8-20-16-21(30)12-14-28(20,6)25(22)13-15-29(23,24)7/h8,17,19,21-22,24-26,30H,9-16H2,1-7H3/b23-18+/t17-,19-,21-,22?,24?,25?,26?,28-,29+/m0/s1. The number of hydrogen-bond acceptors (Lipinski definition) is 2. The largest absolute Gasteiger partial charge is 0.393 e. The summed E-state index contributed by atoms with van der Waals surface area (Å²) in [6.07, 6.45) is 12.5. The average molecular weight is 427 g/mol. The fourth-order valence-corrected chi connectivity index (χ4v) is 9.19. The van der Waals surface area contributed by atoms with Crippen LogP contribution in [0.5, 0.6) is 0 Å². The van der Waals surface area contributed by atoms with Crippen molar-refractivity contribution in [3.63, 3.8) is 0 Å². The molecule has 2 heteroatoms. The normalized spacial score (nSPS) is 52.8. The minimum Gasteiger partial charge on any atom is -0.393 e. The van der Waals surface area contributed by atoms with Crippen LogP contribution < -0.4 is 0 Å². The molecule has 0 radical (unpaired) electrons. The number of aliphatic hydroxyl groups is 1. The van der Waals surface area contributed by atoms with E-state index in [4.69, 9.17) is 4.74 Å². The van der Waals surface area contributed by atoms with Crippen LogP contribution in [0.2, 0.25) is 0 Å². The summed E-state index contributed by atoms with van der Waals surface area (Å²) >= 11 is 0. The van der Waals surface area contributed by atoms with E-state index in [1.807, 2.05) is 0 Å². The number of aliphatic hydroxyl groups excluding tert-OH is 1. The zero-order chi connectivity index (χ0) is 22.3. The molecule has 0 amide bonds. The van der Waals surface area contributed by atoms with Gasteiger partial charge in [0.25, 0.3) is 0 Å². The van der Waals surface area contributed by atoms with E-state index in [0.29, 0.717) is 28.8 Å². The Kier molecular flexibility index (Phi) is 5.16. The zero-order valence-corrected chi connectivity index (χ0v) is 21.1. The van der Waals surface area contributed by atoms with E-state index in [2.05, 4.69) is 54.5 Å². The maximum atomic E-state index is 10.3. The van der Waals surface area contributed by atoms with Gasteiger partial charge in [-0.1, -0.05) is 44.9 Å². The zero-order valence-electron chi connectivity index (χ0n) is 21.1. The van der Waals surface area contributed by atoms with Crippen molar-refractivity contribution in [2.75, 3.05) is 0 Å². The molecule has 0 bridgehead atoms. The van der Waals surface area contributed by atoms with Gasteiger partial charge in [-0.2, -0.15) is 0 Å². The van der Waals surface area contributed by atoms with Gasteiger partial charge in [-0.05, 0) is 118 Å². The van der Waals surface area contributed by atoms with Crippen molar-refractivity contribution < 1.29 is 9.84 Å². The second-order valence-corrected chi connectivity index (χ2v) is 13.1. The maximum absolute atomic E-state index is 10.3. The molecule has 0 aromatic carbocycles. The topological polar surface area (TPSA) is 29.5 Å². The van der Waals surface area contributed by atoms with E-state index in [1.165, 1.54) is 38.5 Å². The van der Waals surface area contributed by atoms with Crippen LogP contribution in [0.15, 0.2) is 22.8 Å². The summed E-state index contributed by atoms with van der Waals surface area (Å²) in [5.41, 5.74) is 5.61. The summed E-state index contributed by atoms with van der Waals surface area (Å²) in [5, 5.41) is 10.3. The fourth-order valence-electron chi connectivity index (χ4n) is 9.19. The van der Waals surface area contributed by atoms with Crippen molar-refractivity contribution >= 4 is 0 Å². The third-order valence-electron chi connectivity index (χ3n) is 11.6. The van der Waals surface area contributed by atoms with Crippen molar-refractivity contribution in [2.45, 2.75) is 118 Å². The molecule has 1 saturated heterocycles. The minimum absolute atomic E-state index is 0.0207. The predicted molar refractivity (Wildman–Crippen MR) is 128 cm³/mol. The Balaban J connectivity index is 1.45.